The van der Waals surface area contributed by atoms with E-state index in [0.717, 1.165) is 5.69 Å². The van der Waals surface area contributed by atoms with Crippen molar-refractivity contribution in [3.63, 3.8) is 0 Å². The number of benzene rings is 2. The topological polar surface area (TPSA) is 52.9 Å². The number of Topliss-reactive ketones (excluding diaryl/α,β-unsaturated/α-hetero) is 1. The number of para-hydroxylation sites is 1. The summed E-state index contributed by atoms with van der Waals surface area (Å²) in [6.45, 7) is 0. The molecule has 0 aromatic heterocycles. The number of anilines is 1. The molecule has 1 N–H and O–H groups in total. The number of carbonyl (C=O) groups is 1. The molecule has 0 unspecified atom stereocenters. The predicted octanol–water partition coefficient (Wildman–Crippen LogP) is 3.54. The van der Waals surface area contributed by atoms with Crippen molar-refractivity contribution < 1.29 is 4.79 Å². The minimum Gasteiger partial charge on any atom is -0.355 e. The van der Waals surface area contributed by atoms with Gasteiger partial charge in [0.2, 0.25) is 5.78 Å². The van der Waals surface area contributed by atoms with Crippen LogP contribution < -0.4 is 5.32 Å². The van der Waals surface area contributed by atoms with Crippen molar-refractivity contribution in [2.75, 3.05) is 5.32 Å². The lowest BCUT2D eigenvalue weighted by Gasteiger charge is -1.98. The third kappa shape index (κ3) is 3.46. The number of hydrogen-bond acceptors (Lipinski definition) is 3. The lowest BCUT2D eigenvalue weighted by molar-refractivity contribution is 0.103. The first-order valence-electron chi connectivity index (χ1n) is 6.08. The second-order valence-corrected chi connectivity index (χ2v) is 3.98. The zero-order valence-corrected chi connectivity index (χ0v) is 10.7. The Morgan fingerprint density at radius 2 is 1.60 bits per heavy atom. The van der Waals surface area contributed by atoms with Gasteiger partial charge in [-0.2, -0.15) is 5.26 Å². The summed E-state index contributed by atoms with van der Waals surface area (Å²) in [6.07, 6.45) is 1.47. The molecule has 0 aliphatic rings. The van der Waals surface area contributed by atoms with Crippen molar-refractivity contribution in [1.82, 2.24) is 0 Å². The van der Waals surface area contributed by atoms with Crippen LogP contribution in [0.25, 0.3) is 0 Å². The Balaban J connectivity index is 2.18. The average molecular weight is 260 g/mol. The summed E-state index contributed by atoms with van der Waals surface area (Å²) in [5.74, 6) is -0.334. The molecule has 20 heavy (non-hydrogen) atoms. The number of allylic oxidation sites excluding steroid dienone is 1. The Kier molecular flexibility index (Phi) is 4.50. The number of hydrogen-bond donors (Lipinski definition) is 1. The maximum atomic E-state index is 12.0. The van der Waals surface area contributed by atoms with E-state index in [1.165, 1.54) is 6.20 Å². The molecular weight excluding hydrogens is 248 g/mol. The summed E-state index contributed by atoms with van der Waals surface area (Å²) in [5.41, 5.74) is 4.00. The minimum atomic E-state index is -0.334. The number of ketones is 1. The summed E-state index contributed by atoms with van der Waals surface area (Å²) in [7, 11) is 0. The van der Waals surface area contributed by atoms with Crippen LogP contribution in [0.3, 0.4) is 0 Å². The van der Waals surface area contributed by atoms with Crippen LogP contribution >= 0.6 is 0 Å². The van der Waals surface area contributed by atoms with E-state index >= 15 is 0 Å². The normalized spacial score (nSPS) is 8.95. The van der Waals surface area contributed by atoms with Crippen molar-refractivity contribution in [1.29, 1.82) is 5.26 Å². The number of nitriles is 1. The van der Waals surface area contributed by atoms with Gasteiger partial charge in [-0.3, -0.25) is 4.79 Å². The lowest BCUT2D eigenvalue weighted by Crippen LogP contribution is -2.00. The lowest BCUT2D eigenvalue weighted by atomic mass is 10.1. The first-order valence-corrected chi connectivity index (χ1v) is 6.08. The molecule has 3 nitrogen and oxygen atoms in total. The fraction of sp³-hybridized carbons (Fsp3) is 0. The van der Waals surface area contributed by atoms with Crippen molar-refractivity contribution in [2.45, 2.75) is 0 Å². The van der Waals surface area contributed by atoms with Gasteiger partial charge in [0.15, 0.2) is 0 Å². The third-order valence-corrected chi connectivity index (χ3v) is 2.60. The van der Waals surface area contributed by atoms with Gasteiger partial charge < -0.3 is 5.32 Å². The first-order chi connectivity index (χ1) is 9.81. The molecule has 3 heteroatoms. The van der Waals surface area contributed by atoms with Gasteiger partial charge in [-0.1, -0.05) is 54.3 Å². The molecule has 2 aromatic rings. The van der Waals surface area contributed by atoms with Gasteiger partial charge >= 0.3 is 0 Å². The molecule has 0 aliphatic heterocycles. The Hall–Kier alpha value is -3.08. The highest BCUT2D eigenvalue weighted by molar-refractivity contribution is 6.11. The molecule has 0 saturated heterocycles. The molecule has 2 rings (SSSR count). The van der Waals surface area contributed by atoms with Crippen LogP contribution in [0.2, 0.25) is 0 Å². The van der Waals surface area contributed by atoms with E-state index in [1.807, 2.05) is 42.5 Å². The van der Waals surface area contributed by atoms with E-state index in [9.17, 15) is 4.79 Å². The van der Waals surface area contributed by atoms with E-state index in [2.05, 4.69) is 11.0 Å². The predicted molar refractivity (Wildman–Crippen MR) is 78.0 cm³/mol. The number of carbonyl (C=O) groups excluding carboxylic acids is 1. The van der Waals surface area contributed by atoms with Crippen molar-refractivity contribution in [3.05, 3.63) is 83.7 Å². The Morgan fingerprint density at radius 1 is 1.00 bits per heavy atom. The molecule has 0 amide bonds. The second-order valence-electron chi connectivity index (χ2n) is 3.98. The Bertz CT molecular complexity index is 691. The summed E-state index contributed by atoms with van der Waals surface area (Å²) in [4.78, 5) is 12.0. The Labute approximate surface area is 117 Å². The smallest absolute Gasteiger partial charge is 0.211 e. The van der Waals surface area contributed by atoms with Gasteiger partial charge in [-0.05, 0) is 12.1 Å². The van der Waals surface area contributed by atoms with Crippen molar-refractivity contribution >= 4 is 11.5 Å². The van der Waals surface area contributed by atoms with Crippen molar-refractivity contribution in [2.24, 2.45) is 0 Å². The second kappa shape index (κ2) is 6.75. The van der Waals surface area contributed by atoms with Crippen LogP contribution in [0.15, 0.2) is 78.2 Å². The van der Waals surface area contributed by atoms with Crippen LogP contribution in [-0.4, -0.2) is 5.78 Å². The zero-order chi connectivity index (χ0) is 14.2. The first kappa shape index (κ1) is 13.4. The molecule has 0 spiro atoms. The van der Waals surface area contributed by atoms with Gasteiger partial charge in [0.1, 0.15) is 11.6 Å². The van der Waals surface area contributed by atoms with Crippen LogP contribution in [0.1, 0.15) is 10.4 Å². The number of nitrogens with zero attached hydrogens (tertiary/aromatic N) is 1. The minimum absolute atomic E-state index is 0.0281. The van der Waals surface area contributed by atoms with Gasteiger partial charge in [-0.25, -0.2) is 0 Å². The van der Waals surface area contributed by atoms with Crippen LogP contribution in [0.5, 0.6) is 0 Å². The molecular formula is C17H12N2O. The van der Waals surface area contributed by atoms with Gasteiger partial charge in [-0.15, -0.1) is 0 Å². The fourth-order valence-corrected chi connectivity index (χ4v) is 1.61. The standard InChI is InChI=1S/C17H12N2O/c18-13-15(17(20)14-7-3-1-4-8-14)11-12-19-16-9-5-2-6-10-16/h1-10,12,19H. The number of rotatable bonds is 4. The molecule has 2 aromatic carbocycles. The van der Waals surface area contributed by atoms with E-state index in [1.54, 1.807) is 24.3 Å². The van der Waals surface area contributed by atoms with Gasteiger partial charge in [0.25, 0.3) is 0 Å². The maximum absolute atomic E-state index is 12.0. The van der Waals surface area contributed by atoms with Gasteiger partial charge in [0, 0.05) is 17.5 Å². The largest absolute Gasteiger partial charge is 0.355 e. The van der Waals surface area contributed by atoms with E-state index < -0.39 is 0 Å². The highest BCUT2D eigenvalue weighted by Gasteiger charge is 2.10. The average Bonchev–Trinajstić information content (AvgIpc) is 2.53. The van der Waals surface area contributed by atoms with E-state index in [-0.39, 0.29) is 11.4 Å². The maximum Gasteiger partial charge on any atom is 0.211 e. The van der Waals surface area contributed by atoms with Gasteiger partial charge in [0.05, 0.1) is 0 Å². The zero-order valence-electron chi connectivity index (χ0n) is 10.7. The summed E-state index contributed by atoms with van der Waals surface area (Å²) < 4.78 is 0. The molecule has 0 radical (unpaired) electrons. The third-order valence-electron chi connectivity index (χ3n) is 2.60. The molecule has 0 atom stereocenters. The molecule has 0 saturated carbocycles. The van der Waals surface area contributed by atoms with Crippen molar-refractivity contribution in [3.8, 4) is 6.07 Å². The quantitative estimate of drug-likeness (QED) is 0.396. The highest BCUT2D eigenvalue weighted by Crippen LogP contribution is 2.07. The van der Waals surface area contributed by atoms with Crippen LogP contribution in [-0.2, 0) is 0 Å². The fourth-order valence-electron chi connectivity index (χ4n) is 1.61. The SMILES string of the molecule is N#CC(=C=CNc1ccccc1)C(=O)c1ccccc1. The summed E-state index contributed by atoms with van der Waals surface area (Å²) in [5, 5.41) is 12.0. The van der Waals surface area contributed by atoms with Crippen LogP contribution in [0, 0.1) is 11.3 Å². The molecule has 0 fully saturated rings. The Morgan fingerprint density at radius 3 is 2.20 bits per heavy atom. The summed E-state index contributed by atoms with van der Waals surface area (Å²) >= 11 is 0. The molecule has 0 aliphatic carbocycles. The summed E-state index contributed by atoms with van der Waals surface area (Å²) in [6, 6.07) is 20.0. The van der Waals surface area contributed by atoms with Crippen LogP contribution in [0.4, 0.5) is 5.69 Å². The molecule has 96 valence electrons. The van der Waals surface area contributed by atoms with E-state index in [0.29, 0.717) is 5.56 Å². The monoisotopic (exact) mass is 260 g/mol. The molecule has 0 bridgehead atoms. The molecule has 0 heterocycles. The van der Waals surface area contributed by atoms with E-state index in [4.69, 9.17) is 5.26 Å². The highest BCUT2D eigenvalue weighted by atomic mass is 16.1. The number of nitrogens with one attached hydrogen (secondary N) is 1.